The number of carbonyl (C=O) groups is 3. The summed E-state index contributed by atoms with van der Waals surface area (Å²) >= 11 is 2.75. The van der Waals surface area contributed by atoms with Gasteiger partial charge in [-0.3, -0.25) is 24.6 Å². The molecule has 0 spiro atoms. The van der Waals surface area contributed by atoms with Gasteiger partial charge in [0.15, 0.2) is 0 Å². The van der Waals surface area contributed by atoms with Crippen LogP contribution in [0, 0.1) is 10.1 Å². The van der Waals surface area contributed by atoms with Gasteiger partial charge >= 0.3 is 5.97 Å². The predicted molar refractivity (Wildman–Crippen MR) is 141 cm³/mol. The lowest BCUT2D eigenvalue weighted by atomic mass is 9.90. The van der Waals surface area contributed by atoms with Gasteiger partial charge in [0.2, 0.25) is 11.8 Å². The van der Waals surface area contributed by atoms with E-state index in [0.29, 0.717) is 42.8 Å². The number of carboxylic acid groups (broad SMARTS) is 1. The van der Waals surface area contributed by atoms with Gasteiger partial charge in [-0.1, -0.05) is 18.2 Å². The average molecular weight is 548 g/mol. The SMILES string of the molecule is C=CCCC(=O)N1CC[C@H](S[C@]2(C[C@H](C)O)C(=O)N3C(C(=O)O)=C(Cc4ccc([N+](=O)[O-])cc4)S[C@@H]32)C1. The van der Waals surface area contributed by atoms with Gasteiger partial charge in [-0.15, -0.1) is 30.1 Å². The zero-order chi connectivity index (χ0) is 26.9. The van der Waals surface area contributed by atoms with Crippen molar-refractivity contribution in [3.05, 3.63) is 63.2 Å². The van der Waals surface area contributed by atoms with E-state index in [-0.39, 0.29) is 41.3 Å². The third-order valence-corrected chi connectivity index (χ3v) is 10.0. The molecule has 0 saturated carbocycles. The Balaban J connectivity index is 1.54. The molecule has 2 fully saturated rings. The first-order valence-corrected chi connectivity index (χ1v) is 13.8. The number of nitrogens with zero attached hydrogens (tertiary/aromatic N) is 3. The highest BCUT2D eigenvalue weighted by Gasteiger charge is 2.67. The Morgan fingerprint density at radius 1 is 1.38 bits per heavy atom. The Morgan fingerprint density at radius 2 is 2.08 bits per heavy atom. The van der Waals surface area contributed by atoms with Crippen molar-refractivity contribution >= 4 is 47.0 Å². The third-order valence-electron chi connectivity index (χ3n) is 6.72. The van der Waals surface area contributed by atoms with Crippen LogP contribution < -0.4 is 0 Å². The minimum absolute atomic E-state index is 0.00914. The molecule has 3 heterocycles. The normalized spacial score (nSPS) is 25.6. The fourth-order valence-corrected chi connectivity index (χ4v) is 8.69. The van der Waals surface area contributed by atoms with Gasteiger partial charge < -0.3 is 15.1 Å². The summed E-state index contributed by atoms with van der Waals surface area (Å²) in [6.45, 7) is 6.36. The summed E-state index contributed by atoms with van der Waals surface area (Å²) < 4.78 is -1.01. The third kappa shape index (κ3) is 5.27. The fourth-order valence-electron chi connectivity index (χ4n) is 5.03. The first-order valence-electron chi connectivity index (χ1n) is 12.0. The van der Waals surface area contributed by atoms with Gasteiger partial charge in [-0.2, -0.15) is 0 Å². The first-order chi connectivity index (χ1) is 17.6. The maximum Gasteiger partial charge on any atom is 0.353 e. The molecule has 2 saturated heterocycles. The minimum atomic E-state index is -1.21. The zero-order valence-electron chi connectivity index (χ0n) is 20.4. The van der Waals surface area contributed by atoms with Crippen LogP contribution in [0.5, 0.6) is 0 Å². The number of aliphatic carboxylic acids is 1. The van der Waals surface area contributed by atoms with E-state index in [2.05, 4.69) is 6.58 Å². The van der Waals surface area contributed by atoms with Crippen LogP contribution in [0.4, 0.5) is 5.69 Å². The molecular formula is C25H29N3O7S2. The van der Waals surface area contributed by atoms with Crippen molar-refractivity contribution in [1.82, 2.24) is 9.80 Å². The van der Waals surface area contributed by atoms with Crippen molar-refractivity contribution in [2.75, 3.05) is 13.1 Å². The number of carboxylic acids is 1. The molecule has 12 heteroatoms. The molecule has 198 valence electrons. The van der Waals surface area contributed by atoms with Crippen LogP contribution in [0.1, 0.15) is 38.2 Å². The number of rotatable bonds is 11. The van der Waals surface area contributed by atoms with Gasteiger partial charge in [0.05, 0.1) is 11.0 Å². The first kappa shape index (κ1) is 27.2. The standard InChI is InChI=1S/C25H29N3O7S2/c1-3-4-5-20(30)26-11-10-18(14-26)37-25(13-15(2)29)23(33)27-21(22(31)32)19(36-24(25)27)12-16-6-8-17(9-7-16)28(34)35/h3,6-9,15,18,24,29H,1,4-5,10-14H2,2H3,(H,31,32)/t15-,18-,24+,25+/m0/s1. The largest absolute Gasteiger partial charge is 0.477 e. The monoisotopic (exact) mass is 547 g/mol. The Hall–Kier alpha value is -2.83. The second-order valence-electron chi connectivity index (χ2n) is 9.46. The number of aliphatic hydroxyl groups is 1. The van der Waals surface area contributed by atoms with E-state index in [4.69, 9.17) is 0 Å². The molecule has 2 amide bonds. The van der Waals surface area contributed by atoms with E-state index in [1.165, 1.54) is 40.6 Å². The molecule has 1 aromatic carbocycles. The molecule has 0 bridgehead atoms. The number of thioether (sulfide) groups is 2. The summed E-state index contributed by atoms with van der Waals surface area (Å²) in [6, 6.07) is 5.89. The van der Waals surface area contributed by atoms with E-state index >= 15 is 0 Å². The number of aliphatic hydroxyl groups excluding tert-OH is 1. The number of amides is 2. The van der Waals surface area contributed by atoms with Crippen LogP contribution in [-0.4, -0.2) is 77.3 Å². The molecule has 4 atom stereocenters. The van der Waals surface area contributed by atoms with Crippen LogP contribution >= 0.6 is 23.5 Å². The highest BCUT2D eigenvalue weighted by Crippen LogP contribution is 2.60. The van der Waals surface area contributed by atoms with Crippen LogP contribution in [-0.2, 0) is 20.8 Å². The van der Waals surface area contributed by atoms with Crippen LogP contribution in [0.25, 0.3) is 0 Å². The maximum absolute atomic E-state index is 13.6. The average Bonchev–Trinajstić information content (AvgIpc) is 3.45. The second-order valence-corrected chi connectivity index (χ2v) is 12.3. The van der Waals surface area contributed by atoms with Crippen LogP contribution in [0.15, 0.2) is 47.5 Å². The lowest BCUT2D eigenvalue weighted by molar-refractivity contribution is -0.384. The smallest absolute Gasteiger partial charge is 0.353 e. The summed E-state index contributed by atoms with van der Waals surface area (Å²) in [5, 5.41) is 30.7. The lowest BCUT2D eigenvalue weighted by Crippen LogP contribution is -2.70. The van der Waals surface area contributed by atoms with Crippen LogP contribution in [0.2, 0.25) is 0 Å². The molecule has 1 aromatic rings. The number of benzene rings is 1. The highest BCUT2D eigenvalue weighted by molar-refractivity contribution is 8.07. The quantitative estimate of drug-likeness (QED) is 0.185. The summed E-state index contributed by atoms with van der Waals surface area (Å²) in [5.74, 6) is -1.51. The number of carbonyl (C=O) groups excluding carboxylic acids is 2. The van der Waals surface area contributed by atoms with Gasteiger partial charge in [-0.05, 0) is 31.7 Å². The van der Waals surface area contributed by atoms with Crippen molar-refractivity contribution in [3.8, 4) is 0 Å². The van der Waals surface area contributed by atoms with E-state index in [9.17, 15) is 34.7 Å². The van der Waals surface area contributed by atoms with Gasteiger partial charge in [-0.25, -0.2) is 4.79 Å². The Kier molecular flexibility index (Phi) is 8.00. The number of nitro benzene ring substituents is 1. The van der Waals surface area contributed by atoms with Gasteiger partial charge in [0, 0.05) is 48.2 Å². The molecule has 2 N–H and O–H groups in total. The van der Waals surface area contributed by atoms with Crippen molar-refractivity contribution in [2.45, 2.75) is 60.5 Å². The number of hydrogen-bond donors (Lipinski definition) is 2. The van der Waals surface area contributed by atoms with Crippen molar-refractivity contribution < 1.29 is 29.5 Å². The molecule has 37 heavy (non-hydrogen) atoms. The van der Waals surface area contributed by atoms with E-state index < -0.39 is 27.1 Å². The fraction of sp³-hybridized carbons (Fsp3) is 0.480. The van der Waals surface area contributed by atoms with E-state index in [0.717, 1.165) is 0 Å². The Morgan fingerprint density at radius 3 is 2.68 bits per heavy atom. The highest BCUT2D eigenvalue weighted by atomic mass is 32.2. The minimum Gasteiger partial charge on any atom is -0.477 e. The predicted octanol–water partition coefficient (Wildman–Crippen LogP) is 3.16. The van der Waals surface area contributed by atoms with Crippen LogP contribution in [0.3, 0.4) is 0 Å². The van der Waals surface area contributed by atoms with Crippen molar-refractivity contribution in [3.63, 3.8) is 0 Å². The second kappa shape index (κ2) is 10.9. The van der Waals surface area contributed by atoms with Crippen molar-refractivity contribution in [2.24, 2.45) is 0 Å². The molecule has 0 aliphatic carbocycles. The lowest BCUT2D eigenvalue weighted by Gasteiger charge is -2.53. The molecule has 10 nitrogen and oxygen atoms in total. The summed E-state index contributed by atoms with van der Waals surface area (Å²) in [7, 11) is 0. The molecule has 0 radical (unpaired) electrons. The molecule has 0 unspecified atom stereocenters. The summed E-state index contributed by atoms with van der Waals surface area (Å²) in [6.07, 6.45) is 3.02. The molecule has 4 rings (SSSR count). The molecular weight excluding hydrogens is 518 g/mol. The van der Waals surface area contributed by atoms with Gasteiger partial charge in [0.1, 0.15) is 15.8 Å². The number of allylic oxidation sites excluding steroid dienone is 2. The van der Waals surface area contributed by atoms with Crippen molar-refractivity contribution in [1.29, 1.82) is 0 Å². The number of nitro groups is 1. The molecule has 3 aliphatic heterocycles. The molecule has 0 aromatic heterocycles. The number of likely N-dealkylation sites (tertiary alicyclic amines) is 1. The summed E-state index contributed by atoms with van der Waals surface area (Å²) in [4.78, 5) is 52.3. The number of β-lactam (4-membered cyclic amide) rings is 1. The number of non-ortho nitro benzene ring substituents is 1. The Labute approximate surface area is 222 Å². The van der Waals surface area contributed by atoms with Gasteiger partial charge in [0.25, 0.3) is 5.69 Å². The summed E-state index contributed by atoms with van der Waals surface area (Å²) in [5.41, 5.74) is 0.558. The topological polar surface area (TPSA) is 141 Å². The number of fused-ring (bicyclic) bond motifs is 1. The van der Waals surface area contributed by atoms with E-state index in [1.807, 2.05) is 0 Å². The maximum atomic E-state index is 13.6. The Bertz CT molecular complexity index is 1150. The zero-order valence-corrected chi connectivity index (χ0v) is 22.0. The number of hydrogen-bond acceptors (Lipinski definition) is 8. The molecule has 3 aliphatic rings. The van der Waals surface area contributed by atoms with E-state index in [1.54, 1.807) is 30.0 Å².